The second kappa shape index (κ2) is 4.98. The van der Waals surface area contributed by atoms with Crippen LogP contribution in [-0.4, -0.2) is 45.9 Å². The van der Waals surface area contributed by atoms with Crippen molar-refractivity contribution < 1.29 is 19.2 Å². The maximum Gasteiger partial charge on any atom is 0.413 e. The van der Waals surface area contributed by atoms with E-state index in [1.54, 1.807) is 4.90 Å². The third-order valence-corrected chi connectivity index (χ3v) is 4.50. The van der Waals surface area contributed by atoms with Crippen LogP contribution < -0.4 is 0 Å². The summed E-state index contributed by atoms with van der Waals surface area (Å²) in [5.74, 6) is -0.311. The molecule has 3 heterocycles. The van der Waals surface area contributed by atoms with Crippen molar-refractivity contribution in [2.75, 3.05) is 6.61 Å². The van der Waals surface area contributed by atoms with Gasteiger partial charge in [0.1, 0.15) is 5.60 Å². The molecule has 3 rings (SSSR count). The molecule has 0 aliphatic carbocycles. The Hall–Kier alpha value is -1.56. The highest BCUT2D eigenvalue weighted by Gasteiger charge is 2.61. The fraction of sp³-hybridized carbons (Fsp3) is 0.750. The Morgan fingerprint density at radius 1 is 1.50 bits per heavy atom. The minimum atomic E-state index is -0.812. The smallest absolute Gasteiger partial charge is 0.413 e. The monoisotopic (exact) mass is 308 g/mol. The van der Waals surface area contributed by atoms with E-state index in [1.807, 2.05) is 39.8 Å². The van der Waals surface area contributed by atoms with Crippen LogP contribution >= 0.6 is 0 Å². The highest BCUT2D eigenvalue weighted by atomic mass is 16.7. The molecule has 2 bridgehead atoms. The first-order valence-corrected chi connectivity index (χ1v) is 7.99. The van der Waals surface area contributed by atoms with Crippen molar-refractivity contribution in [3.05, 3.63) is 12.2 Å². The Kier molecular flexibility index (Phi) is 3.47. The van der Waals surface area contributed by atoms with Crippen LogP contribution in [0, 0.1) is 5.92 Å². The van der Waals surface area contributed by atoms with Crippen LogP contribution in [0.25, 0.3) is 0 Å². The summed E-state index contributed by atoms with van der Waals surface area (Å²) >= 11 is 0. The van der Waals surface area contributed by atoms with E-state index in [1.165, 1.54) is 5.06 Å². The van der Waals surface area contributed by atoms with Crippen LogP contribution in [0.15, 0.2) is 12.2 Å². The molecule has 0 unspecified atom stereocenters. The fourth-order valence-electron chi connectivity index (χ4n) is 3.62. The summed E-state index contributed by atoms with van der Waals surface area (Å²) < 4.78 is 5.58. The molecule has 2 amide bonds. The topological polar surface area (TPSA) is 59.1 Å². The largest absolute Gasteiger partial charge is 0.444 e. The fourth-order valence-corrected chi connectivity index (χ4v) is 3.62. The molecule has 2 fully saturated rings. The lowest BCUT2D eigenvalue weighted by Gasteiger charge is -2.54. The SMILES string of the molecule is CC[C@H]1C(=O)N2OCCC[C@@]23C=C[C@@H]1N3C(=O)OC(C)(C)C. The molecule has 2 saturated heterocycles. The molecule has 3 aliphatic heterocycles. The predicted octanol–water partition coefficient (Wildman–Crippen LogP) is 2.45. The zero-order valence-corrected chi connectivity index (χ0v) is 13.7. The van der Waals surface area contributed by atoms with Crippen molar-refractivity contribution in [1.82, 2.24) is 9.96 Å². The van der Waals surface area contributed by atoms with Crippen molar-refractivity contribution in [2.45, 2.75) is 64.3 Å². The van der Waals surface area contributed by atoms with Crippen LogP contribution in [0.3, 0.4) is 0 Å². The van der Waals surface area contributed by atoms with Gasteiger partial charge in [0.25, 0.3) is 5.91 Å². The van der Waals surface area contributed by atoms with Crippen LogP contribution in [0.1, 0.15) is 47.0 Å². The Balaban J connectivity index is 1.99. The summed E-state index contributed by atoms with van der Waals surface area (Å²) in [6.07, 6.45) is 5.66. The van der Waals surface area contributed by atoms with Crippen LogP contribution in [-0.2, 0) is 14.4 Å². The predicted molar refractivity (Wildman–Crippen MR) is 79.5 cm³/mol. The zero-order chi connectivity index (χ0) is 16.1. The Morgan fingerprint density at radius 2 is 2.23 bits per heavy atom. The standard InChI is InChI=1S/C16H24N2O4/c1-5-11-12-7-9-16(8-6-10-21-18(16)13(11)19)17(12)14(20)22-15(2,3)4/h7,9,11-12H,5-6,8,10H2,1-4H3/t11-,12+,16+/m1/s1. The van der Waals surface area contributed by atoms with Crippen molar-refractivity contribution in [3.63, 3.8) is 0 Å². The number of carbonyl (C=O) groups is 2. The normalized spacial score (nSPS) is 33.9. The maximum atomic E-state index is 12.8. The molecule has 0 saturated carbocycles. The van der Waals surface area contributed by atoms with Gasteiger partial charge in [-0.3, -0.25) is 14.5 Å². The molecule has 22 heavy (non-hydrogen) atoms. The lowest BCUT2D eigenvalue weighted by atomic mass is 9.90. The number of carbonyl (C=O) groups excluding carboxylic acids is 2. The van der Waals surface area contributed by atoms with E-state index in [0.717, 1.165) is 6.42 Å². The van der Waals surface area contributed by atoms with Gasteiger partial charge in [0.05, 0.1) is 18.6 Å². The Morgan fingerprint density at radius 3 is 2.86 bits per heavy atom. The van der Waals surface area contributed by atoms with E-state index >= 15 is 0 Å². The third kappa shape index (κ3) is 2.12. The van der Waals surface area contributed by atoms with Gasteiger partial charge >= 0.3 is 6.09 Å². The zero-order valence-electron chi connectivity index (χ0n) is 13.7. The van der Waals surface area contributed by atoms with Gasteiger partial charge in [-0.2, -0.15) is 5.06 Å². The highest BCUT2D eigenvalue weighted by Crippen LogP contribution is 2.46. The first-order valence-electron chi connectivity index (χ1n) is 7.99. The van der Waals surface area contributed by atoms with Gasteiger partial charge in [0.15, 0.2) is 5.66 Å². The van der Waals surface area contributed by atoms with E-state index in [4.69, 9.17) is 9.57 Å². The van der Waals surface area contributed by atoms with E-state index < -0.39 is 11.3 Å². The molecule has 0 N–H and O–H groups in total. The quantitative estimate of drug-likeness (QED) is 0.698. The van der Waals surface area contributed by atoms with E-state index in [-0.39, 0.29) is 24.0 Å². The van der Waals surface area contributed by atoms with Crippen molar-refractivity contribution in [1.29, 1.82) is 0 Å². The number of hydroxylamine groups is 2. The van der Waals surface area contributed by atoms with Gasteiger partial charge in [-0.1, -0.05) is 13.0 Å². The number of nitrogens with zero attached hydrogens (tertiary/aromatic N) is 2. The molecule has 0 aromatic rings. The maximum absolute atomic E-state index is 12.8. The van der Waals surface area contributed by atoms with Gasteiger partial charge in [-0.15, -0.1) is 0 Å². The molecular formula is C16H24N2O4. The molecule has 1 spiro atoms. The minimum Gasteiger partial charge on any atom is -0.444 e. The lowest BCUT2D eigenvalue weighted by molar-refractivity contribution is -0.275. The third-order valence-electron chi connectivity index (χ3n) is 4.50. The summed E-state index contributed by atoms with van der Waals surface area (Å²) in [5.41, 5.74) is -1.38. The molecule has 6 heteroatoms. The molecule has 0 aromatic heterocycles. The van der Waals surface area contributed by atoms with Crippen molar-refractivity contribution in [2.24, 2.45) is 5.92 Å². The average Bonchev–Trinajstić information content (AvgIpc) is 2.72. The highest BCUT2D eigenvalue weighted by molar-refractivity contribution is 5.85. The summed E-state index contributed by atoms with van der Waals surface area (Å²) in [4.78, 5) is 32.8. The number of rotatable bonds is 1. The Labute approximate surface area is 131 Å². The molecule has 0 aromatic carbocycles. The van der Waals surface area contributed by atoms with Gasteiger partial charge in [-0.05, 0) is 46.1 Å². The van der Waals surface area contributed by atoms with E-state index in [2.05, 4.69) is 0 Å². The Bertz CT molecular complexity index is 525. The van der Waals surface area contributed by atoms with Gasteiger partial charge < -0.3 is 4.74 Å². The van der Waals surface area contributed by atoms with Crippen molar-refractivity contribution in [3.8, 4) is 0 Å². The summed E-state index contributed by atoms with van der Waals surface area (Å²) in [6.45, 7) is 8.00. The molecule has 3 atom stereocenters. The van der Waals surface area contributed by atoms with Crippen molar-refractivity contribution >= 4 is 12.0 Å². The number of ether oxygens (including phenoxy) is 1. The van der Waals surface area contributed by atoms with Crippen LogP contribution in [0.2, 0.25) is 0 Å². The van der Waals surface area contributed by atoms with E-state index in [9.17, 15) is 9.59 Å². The molecule has 0 radical (unpaired) electrons. The number of hydrogen-bond acceptors (Lipinski definition) is 4. The number of amides is 2. The lowest BCUT2D eigenvalue weighted by Crippen LogP contribution is -2.71. The van der Waals surface area contributed by atoms with Crippen LogP contribution in [0.4, 0.5) is 4.79 Å². The summed E-state index contributed by atoms with van der Waals surface area (Å²) in [5, 5.41) is 1.41. The van der Waals surface area contributed by atoms with Crippen LogP contribution in [0.5, 0.6) is 0 Å². The van der Waals surface area contributed by atoms with Gasteiger partial charge in [0.2, 0.25) is 0 Å². The first-order chi connectivity index (χ1) is 10.3. The van der Waals surface area contributed by atoms with E-state index in [0.29, 0.717) is 19.4 Å². The number of fused-ring (bicyclic) bond motifs is 1. The molecule has 3 aliphatic rings. The second-order valence-electron chi connectivity index (χ2n) is 7.16. The van der Waals surface area contributed by atoms with Gasteiger partial charge in [0, 0.05) is 0 Å². The minimum absolute atomic E-state index is 0.0305. The second-order valence-corrected chi connectivity index (χ2v) is 7.16. The molecule has 122 valence electrons. The number of hydrogen-bond donors (Lipinski definition) is 0. The summed E-state index contributed by atoms with van der Waals surface area (Å²) in [7, 11) is 0. The average molecular weight is 308 g/mol. The van der Waals surface area contributed by atoms with Gasteiger partial charge in [-0.25, -0.2) is 4.79 Å². The first kappa shape index (κ1) is 15.3. The summed E-state index contributed by atoms with van der Waals surface area (Å²) in [6, 6.07) is -0.245. The molecular weight excluding hydrogens is 284 g/mol. The molecule has 6 nitrogen and oxygen atoms in total.